The molecular formula is C19H28N2O3S. The Bertz CT molecular complexity index is 760. The number of rotatable bonds is 4. The van der Waals surface area contributed by atoms with Gasteiger partial charge >= 0.3 is 0 Å². The van der Waals surface area contributed by atoms with Gasteiger partial charge in [0.25, 0.3) is 0 Å². The highest BCUT2D eigenvalue weighted by atomic mass is 32.2. The van der Waals surface area contributed by atoms with Gasteiger partial charge in [-0.2, -0.15) is 0 Å². The molecule has 6 heteroatoms. The predicted octanol–water partition coefficient (Wildman–Crippen LogP) is 2.55. The van der Waals surface area contributed by atoms with Crippen molar-refractivity contribution in [2.45, 2.75) is 51.8 Å². The fourth-order valence-corrected chi connectivity index (χ4v) is 5.43. The maximum absolute atomic E-state index is 13.2. The molecule has 1 aromatic rings. The van der Waals surface area contributed by atoms with Crippen LogP contribution in [0.4, 0.5) is 0 Å². The van der Waals surface area contributed by atoms with Crippen LogP contribution in [0.3, 0.4) is 0 Å². The first-order chi connectivity index (χ1) is 11.7. The number of piperidine rings is 1. The molecule has 138 valence electrons. The van der Waals surface area contributed by atoms with Gasteiger partial charge in [0.05, 0.1) is 10.7 Å². The molecule has 2 fully saturated rings. The molecular weight excluding hydrogens is 336 g/mol. The maximum atomic E-state index is 13.2. The second-order valence-corrected chi connectivity index (χ2v) is 10.3. The van der Waals surface area contributed by atoms with Gasteiger partial charge in [-0.05, 0) is 45.6 Å². The van der Waals surface area contributed by atoms with Gasteiger partial charge in [0.1, 0.15) is 0 Å². The van der Waals surface area contributed by atoms with E-state index in [-0.39, 0.29) is 5.91 Å². The summed E-state index contributed by atoms with van der Waals surface area (Å²) in [5.74, 6) is 0.127. The second-order valence-electron chi connectivity index (χ2n) is 7.78. The molecule has 2 aliphatic rings. The summed E-state index contributed by atoms with van der Waals surface area (Å²) in [6, 6.07) is 8.22. The quantitative estimate of drug-likeness (QED) is 0.825. The third-order valence-electron chi connectivity index (χ3n) is 5.55. The Morgan fingerprint density at radius 3 is 2.64 bits per heavy atom. The molecule has 0 saturated carbocycles. The first-order valence-electron chi connectivity index (χ1n) is 9.08. The molecule has 25 heavy (non-hydrogen) atoms. The summed E-state index contributed by atoms with van der Waals surface area (Å²) in [6.45, 7) is 7.63. The third-order valence-corrected chi connectivity index (χ3v) is 7.78. The average molecular weight is 365 g/mol. The molecule has 1 aromatic carbocycles. The van der Waals surface area contributed by atoms with Crippen LogP contribution in [-0.4, -0.2) is 48.4 Å². The van der Waals surface area contributed by atoms with Gasteiger partial charge in [-0.15, -0.1) is 0 Å². The lowest BCUT2D eigenvalue weighted by Crippen LogP contribution is -2.50. The molecule has 0 N–H and O–H groups in total. The lowest BCUT2D eigenvalue weighted by Gasteiger charge is -2.39. The Balaban J connectivity index is 1.76. The van der Waals surface area contributed by atoms with E-state index in [1.165, 1.54) is 9.87 Å². The zero-order chi connectivity index (χ0) is 18.2. The van der Waals surface area contributed by atoms with Crippen molar-refractivity contribution in [3.05, 3.63) is 35.4 Å². The largest absolute Gasteiger partial charge is 0.338 e. The van der Waals surface area contributed by atoms with Gasteiger partial charge in [0.2, 0.25) is 15.9 Å². The number of hydrogen-bond donors (Lipinski definition) is 0. The van der Waals surface area contributed by atoms with Crippen molar-refractivity contribution in [1.29, 1.82) is 0 Å². The normalized spacial score (nSPS) is 25.3. The van der Waals surface area contributed by atoms with Gasteiger partial charge in [-0.1, -0.05) is 29.8 Å². The number of hydrogen-bond acceptors (Lipinski definition) is 3. The third kappa shape index (κ3) is 3.47. The first kappa shape index (κ1) is 18.4. The number of carbonyl (C=O) groups is 1. The molecule has 2 saturated heterocycles. The highest BCUT2D eigenvalue weighted by molar-refractivity contribution is 7.89. The molecule has 1 spiro atoms. The molecule has 0 radical (unpaired) electrons. The SMILES string of the molecule is Cc1cccc(CN2CCC[C@@]3(CCN(S(=O)(=O)C(C)C)C3)C2=O)c1. The van der Waals surface area contributed by atoms with Crippen molar-refractivity contribution >= 4 is 15.9 Å². The van der Waals surface area contributed by atoms with Gasteiger partial charge < -0.3 is 4.90 Å². The fraction of sp³-hybridized carbons (Fsp3) is 0.632. The highest BCUT2D eigenvalue weighted by Crippen LogP contribution is 2.41. The lowest BCUT2D eigenvalue weighted by atomic mass is 9.78. The van der Waals surface area contributed by atoms with Gasteiger partial charge in [-0.3, -0.25) is 4.79 Å². The minimum Gasteiger partial charge on any atom is -0.338 e. The number of carbonyl (C=O) groups excluding carboxylic acids is 1. The predicted molar refractivity (Wildman–Crippen MR) is 98.5 cm³/mol. The number of aryl methyl sites for hydroxylation is 1. The van der Waals surface area contributed by atoms with E-state index in [2.05, 4.69) is 19.1 Å². The van der Waals surface area contributed by atoms with Crippen LogP contribution in [0, 0.1) is 12.3 Å². The zero-order valence-corrected chi connectivity index (χ0v) is 16.2. The molecule has 5 nitrogen and oxygen atoms in total. The molecule has 0 unspecified atom stereocenters. The Labute approximate surface area is 151 Å². The summed E-state index contributed by atoms with van der Waals surface area (Å²) in [7, 11) is -3.29. The molecule has 1 amide bonds. The van der Waals surface area contributed by atoms with E-state index in [0.717, 1.165) is 24.9 Å². The smallest absolute Gasteiger partial charge is 0.230 e. The summed E-state index contributed by atoms with van der Waals surface area (Å²) < 4.78 is 26.5. The fourth-order valence-electron chi connectivity index (χ4n) is 4.06. The lowest BCUT2D eigenvalue weighted by molar-refractivity contribution is -0.146. The van der Waals surface area contributed by atoms with Crippen molar-refractivity contribution in [2.24, 2.45) is 5.41 Å². The second kappa shape index (κ2) is 6.72. The van der Waals surface area contributed by atoms with Crippen LogP contribution < -0.4 is 0 Å². The van der Waals surface area contributed by atoms with Crippen LogP contribution in [0.5, 0.6) is 0 Å². The summed E-state index contributed by atoms with van der Waals surface area (Å²) >= 11 is 0. The number of sulfonamides is 1. The van der Waals surface area contributed by atoms with E-state index in [9.17, 15) is 13.2 Å². The van der Waals surface area contributed by atoms with Crippen molar-refractivity contribution in [2.75, 3.05) is 19.6 Å². The topological polar surface area (TPSA) is 57.7 Å². The van der Waals surface area contributed by atoms with Crippen LogP contribution in [0.15, 0.2) is 24.3 Å². The minimum absolute atomic E-state index is 0.127. The summed E-state index contributed by atoms with van der Waals surface area (Å²) in [5.41, 5.74) is 1.80. The summed E-state index contributed by atoms with van der Waals surface area (Å²) in [4.78, 5) is 15.1. The minimum atomic E-state index is -3.29. The van der Waals surface area contributed by atoms with E-state index >= 15 is 0 Å². The molecule has 0 aliphatic carbocycles. The number of benzene rings is 1. The molecule has 2 heterocycles. The molecule has 3 rings (SSSR count). The number of nitrogens with zero attached hydrogens (tertiary/aromatic N) is 2. The van der Waals surface area contributed by atoms with E-state index < -0.39 is 20.7 Å². The molecule has 2 aliphatic heterocycles. The van der Waals surface area contributed by atoms with Crippen LogP contribution in [0.25, 0.3) is 0 Å². The van der Waals surface area contributed by atoms with Crippen molar-refractivity contribution in [3.63, 3.8) is 0 Å². The van der Waals surface area contributed by atoms with Crippen LogP contribution in [0.1, 0.15) is 44.2 Å². The maximum Gasteiger partial charge on any atom is 0.230 e. The van der Waals surface area contributed by atoms with Crippen LogP contribution in [0.2, 0.25) is 0 Å². The van der Waals surface area contributed by atoms with Gasteiger partial charge in [0, 0.05) is 26.2 Å². The average Bonchev–Trinajstić information content (AvgIpc) is 2.98. The molecule has 0 bridgehead atoms. The highest BCUT2D eigenvalue weighted by Gasteiger charge is 2.51. The van der Waals surface area contributed by atoms with E-state index in [1.54, 1.807) is 13.8 Å². The Morgan fingerprint density at radius 2 is 1.96 bits per heavy atom. The van der Waals surface area contributed by atoms with Crippen LogP contribution >= 0.6 is 0 Å². The number of likely N-dealkylation sites (tertiary alicyclic amines) is 1. The Morgan fingerprint density at radius 1 is 1.20 bits per heavy atom. The monoisotopic (exact) mass is 364 g/mol. The van der Waals surface area contributed by atoms with E-state index in [0.29, 0.717) is 26.1 Å². The summed E-state index contributed by atoms with van der Waals surface area (Å²) in [6.07, 6.45) is 2.37. The van der Waals surface area contributed by atoms with Crippen molar-refractivity contribution in [3.8, 4) is 0 Å². The number of amides is 1. The van der Waals surface area contributed by atoms with Crippen molar-refractivity contribution < 1.29 is 13.2 Å². The summed E-state index contributed by atoms with van der Waals surface area (Å²) in [5, 5.41) is -0.440. The van der Waals surface area contributed by atoms with Gasteiger partial charge in [0.15, 0.2) is 0 Å². The van der Waals surface area contributed by atoms with Crippen LogP contribution in [-0.2, 0) is 21.4 Å². The van der Waals surface area contributed by atoms with E-state index in [4.69, 9.17) is 0 Å². The standard InChI is InChI=1S/C19H28N2O3S/c1-15(2)25(23,24)21-11-9-19(14-21)8-5-10-20(18(19)22)13-17-7-4-6-16(3)12-17/h4,6-7,12,15H,5,8-11,13-14H2,1-3H3/t19-/m0/s1. The molecule has 0 aromatic heterocycles. The van der Waals surface area contributed by atoms with Crippen molar-refractivity contribution in [1.82, 2.24) is 9.21 Å². The van der Waals surface area contributed by atoms with Gasteiger partial charge in [-0.25, -0.2) is 12.7 Å². The van der Waals surface area contributed by atoms with E-state index in [1.807, 2.05) is 17.0 Å². The Kier molecular flexibility index (Phi) is 4.95. The zero-order valence-electron chi connectivity index (χ0n) is 15.4. The molecule has 1 atom stereocenters. The Hall–Kier alpha value is -1.40. The first-order valence-corrected chi connectivity index (χ1v) is 10.6.